The number of amides is 1. The zero-order valence-electron chi connectivity index (χ0n) is 11.7. The number of aliphatic hydroxyl groups excluding tert-OH is 1. The second-order valence-electron chi connectivity index (χ2n) is 5.62. The summed E-state index contributed by atoms with van der Waals surface area (Å²) in [5, 5.41) is 10.4. The molecule has 0 spiro atoms. The monoisotopic (exact) mass is 272 g/mol. The number of aromatic amines is 1. The van der Waals surface area contributed by atoms with Gasteiger partial charge < -0.3 is 15.0 Å². The molecule has 0 radical (unpaired) electrons. The number of fused-ring (bicyclic) bond motifs is 1. The average molecular weight is 272 g/mol. The van der Waals surface area contributed by atoms with Crippen molar-refractivity contribution < 1.29 is 9.90 Å². The molecular weight excluding hydrogens is 252 g/mol. The fourth-order valence-electron chi connectivity index (χ4n) is 3.10. The van der Waals surface area contributed by atoms with Crippen LogP contribution < -0.4 is 0 Å². The Hall–Kier alpha value is -1.81. The lowest BCUT2D eigenvalue weighted by atomic mass is 10.1. The number of aromatic nitrogens is 1. The lowest BCUT2D eigenvalue weighted by molar-refractivity contribution is -0.127. The van der Waals surface area contributed by atoms with E-state index in [0.29, 0.717) is 13.0 Å². The van der Waals surface area contributed by atoms with Gasteiger partial charge in [-0.2, -0.15) is 0 Å². The van der Waals surface area contributed by atoms with Crippen LogP contribution in [0, 0.1) is 12.8 Å². The number of aliphatic hydroxyl groups is 1. The minimum atomic E-state index is 0.106. The molecule has 3 rings (SSSR count). The fraction of sp³-hybridized carbons (Fsp3) is 0.438. The number of hydrogen-bond donors (Lipinski definition) is 2. The molecule has 0 saturated carbocycles. The predicted octanol–water partition coefficient (Wildman–Crippen LogP) is 1.86. The molecule has 1 amide bonds. The van der Waals surface area contributed by atoms with Gasteiger partial charge in [0.1, 0.15) is 0 Å². The van der Waals surface area contributed by atoms with Crippen LogP contribution >= 0.6 is 0 Å². The topological polar surface area (TPSA) is 56.3 Å². The van der Waals surface area contributed by atoms with Crippen LogP contribution in [0.25, 0.3) is 10.9 Å². The summed E-state index contributed by atoms with van der Waals surface area (Å²) in [7, 11) is 0. The number of benzene rings is 1. The highest BCUT2D eigenvalue weighted by Gasteiger charge is 2.28. The molecule has 4 heteroatoms. The maximum absolute atomic E-state index is 11.9. The van der Waals surface area contributed by atoms with E-state index < -0.39 is 0 Å². The van der Waals surface area contributed by atoms with E-state index in [0.717, 1.165) is 18.5 Å². The molecule has 0 bridgehead atoms. The lowest BCUT2D eigenvalue weighted by Crippen LogP contribution is -2.28. The minimum absolute atomic E-state index is 0.106. The largest absolute Gasteiger partial charge is 0.396 e. The first-order valence-electron chi connectivity index (χ1n) is 7.14. The van der Waals surface area contributed by atoms with Crippen molar-refractivity contribution in [2.24, 2.45) is 5.92 Å². The van der Waals surface area contributed by atoms with Crippen LogP contribution in [-0.2, 0) is 11.2 Å². The van der Waals surface area contributed by atoms with Crippen molar-refractivity contribution >= 4 is 16.8 Å². The van der Waals surface area contributed by atoms with Gasteiger partial charge in [-0.3, -0.25) is 4.79 Å². The predicted molar refractivity (Wildman–Crippen MR) is 78.5 cm³/mol. The Morgan fingerprint density at radius 1 is 1.40 bits per heavy atom. The highest BCUT2D eigenvalue weighted by atomic mass is 16.3. The molecule has 1 aliphatic rings. The zero-order chi connectivity index (χ0) is 14.1. The van der Waals surface area contributed by atoms with E-state index in [4.69, 9.17) is 5.11 Å². The first-order chi connectivity index (χ1) is 9.69. The van der Waals surface area contributed by atoms with Gasteiger partial charge in [-0.25, -0.2) is 0 Å². The lowest BCUT2D eigenvalue weighted by Gasteiger charge is -2.16. The van der Waals surface area contributed by atoms with Gasteiger partial charge in [0.15, 0.2) is 0 Å². The Bertz CT molecular complexity index is 632. The molecule has 2 N–H and O–H groups in total. The molecule has 2 heterocycles. The third-order valence-corrected chi connectivity index (χ3v) is 4.21. The van der Waals surface area contributed by atoms with Crippen LogP contribution in [0.5, 0.6) is 0 Å². The normalized spacial score (nSPS) is 19.2. The summed E-state index contributed by atoms with van der Waals surface area (Å²) in [6.45, 7) is 3.61. The zero-order valence-corrected chi connectivity index (χ0v) is 11.7. The van der Waals surface area contributed by atoms with E-state index in [-0.39, 0.29) is 18.4 Å². The van der Waals surface area contributed by atoms with Crippen LogP contribution in [0.2, 0.25) is 0 Å². The van der Waals surface area contributed by atoms with Crippen molar-refractivity contribution in [2.45, 2.75) is 19.8 Å². The first kappa shape index (κ1) is 13.2. The number of nitrogens with one attached hydrogen (secondary N) is 1. The van der Waals surface area contributed by atoms with Crippen molar-refractivity contribution in [3.8, 4) is 0 Å². The third kappa shape index (κ3) is 2.31. The van der Waals surface area contributed by atoms with Gasteiger partial charge in [0.05, 0.1) is 0 Å². The van der Waals surface area contributed by atoms with E-state index in [1.54, 1.807) is 0 Å². The number of para-hydroxylation sites is 1. The summed E-state index contributed by atoms with van der Waals surface area (Å²) in [6, 6.07) is 8.27. The van der Waals surface area contributed by atoms with Crippen molar-refractivity contribution in [2.75, 3.05) is 19.7 Å². The van der Waals surface area contributed by atoms with Crippen LogP contribution in [0.4, 0.5) is 0 Å². The molecule has 2 aromatic rings. The second-order valence-corrected chi connectivity index (χ2v) is 5.62. The molecule has 1 atom stereocenters. The molecule has 20 heavy (non-hydrogen) atoms. The smallest absolute Gasteiger partial charge is 0.223 e. The molecule has 1 unspecified atom stereocenters. The molecule has 1 fully saturated rings. The summed E-state index contributed by atoms with van der Waals surface area (Å²) in [4.78, 5) is 17.1. The number of hydrogen-bond acceptors (Lipinski definition) is 2. The summed E-state index contributed by atoms with van der Waals surface area (Å²) < 4.78 is 0. The maximum Gasteiger partial charge on any atom is 0.223 e. The van der Waals surface area contributed by atoms with Gasteiger partial charge >= 0.3 is 0 Å². The van der Waals surface area contributed by atoms with E-state index >= 15 is 0 Å². The number of likely N-dealkylation sites (tertiary alicyclic amines) is 1. The molecule has 1 aromatic heterocycles. The molecular formula is C16H20N2O2. The number of H-pyrrole nitrogens is 1. The minimum Gasteiger partial charge on any atom is -0.396 e. The van der Waals surface area contributed by atoms with Gasteiger partial charge in [0.2, 0.25) is 5.91 Å². The number of rotatable bonds is 4. The number of nitrogens with zero attached hydrogens (tertiary/aromatic N) is 1. The average Bonchev–Trinajstić information content (AvgIpc) is 2.96. The van der Waals surface area contributed by atoms with Crippen LogP contribution in [0.1, 0.15) is 17.7 Å². The molecule has 1 aromatic carbocycles. The van der Waals surface area contributed by atoms with E-state index in [1.165, 1.54) is 16.6 Å². The van der Waals surface area contributed by atoms with Crippen LogP contribution in [0.3, 0.4) is 0 Å². The van der Waals surface area contributed by atoms with Crippen LogP contribution in [-0.4, -0.2) is 40.6 Å². The van der Waals surface area contributed by atoms with E-state index in [2.05, 4.69) is 24.0 Å². The summed E-state index contributed by atoms with van der Waals surface area (Å²) >= 11 is 0. The van der Waals surface area contributed by atoms with Gasteiger partial charge in [0.25, 0.3) is 0 Å². The van der Waals surface area contributed by atoms with Crippen molar-refractivity contribution in [1.29, 1.82) is 0 Å². The molecule has 1 aliphatic heterocycles. The SMILES string of the molecule is Cc1[nH]c2ccccc2c1CCN1CC(CO)CC1=O. The third-order valence-electron chi connectivity index (χ3n) is 4.21. The quantitative estimate of drug-likeness (QED) is 0.892. The van der Waals surface area contributed by atoms with Gasteiger partial charge in [-0.1, -0.05) is 18.2 Å². The number of carbonyl (C=O) groups excluding carboxylic acids is 1. The number of carbonyl (C=O) groups is 1. The van der Waals surface area contributed by atoms with Crippen molar-refractivity contribution in [3.63, 3.8) is 0 Å². The fourth-order valence-corrected chi connectivity index (χ4v) is 3.10. The van der Waals surface area contributed by atoms with Gasteiger partial charge in [0, 0.05) is 48.6 Å². The number of aryl methyl sites for hydroxylation is 1. The van der Waals surface area contributed by atoms with Gasteiger partial charge in [-0.15, -0.1) is 0 Å². The Balaban J connectivity index is 1.74. The van der Waals surface area contributed by atoms with E-state index in [9.17, 15) is 4.79 Å². The standard InChI is InChI=1S/C16H20N2O2/c1-11-13(14-4-2-3-5-15(14)17-11)6-7-18-9-12(10-19)8-16(18)20/h2-5,12,17,19H,6-10H2,1H3. The van der Waals surface area contributed by atoms with Crippen molar-refractivity contribution in [1.82, 2.24) is 9.88 Å². The Morgan fingerprint density at radius 3 is 2.95 bits per heavy atom. The maximum atomic E-state index is 11.9. The second kappa shape index (κ2) is 5.29. The van der Waals surface area contributed by atoms with Crippen LogP contribution in [0.15, 0.2) is 24.3 Å². The Morgan fingerprint density at radius 2 is 2.20 bits per heavy atom. The molecule has 4 nitrogen and oxygen atoms in total. The summed E-state index contributed by atoms with van der Waals surface area (Å²) in [5.74, 6) is 0.285. The highest BCUT2D eigenvalue weighted by molar-refractivity contribution is 5.84. The van der Waals surface area contributed by atoms with Crippen molar-refractivity contribution in [3.05, 3.63) is 35.5 Å². The summed E-state index contributed by atoms with van der Waals surface area (Å²) in [6.07, 6.45) is 1.35. The Kier molecular flexibility index (Phi) is 3.49. The first-order valence-corrected chi connectivity index (χ1v) is 7.14. The highest BCUT2D eigenvalue weighted by Crippen LogP contribution is 2.24. The van der Waals surface area contributed by atoms with Gasteiger partial charge in [-0.05, 0) is 25.0 Å². The molecule has 0 aliphatic carbocycles. The summed E-state index contributed by atoms with van der Waals surface area (Å²) in [5.41, 5.74) is 3.62. The Labute approximate surface area is 118 Å². The molecule has 106 valence electrons. The molecule has 1 saturated heterocycles. The van der Waals surface area contributed by atoms with E-state index in [1.807, 2.05) is 17.0 Å².